The molecule has 1 aliphatic rings. The number of halogens is 2. The molecule has 1 aromatic rings. The van der Waals surface area contributed by atoms with Gasteiger partial charge in [-0.3, -0.25) is 9.59 Å². The van der Waals surface area contributed by atoms with Crippen molar-refractivity contribution in [2.45, 2.75) is 13.3 Å². The molecule has 1 saturated heterocycles. The average Bonchev–Trinajstić information content (AvgIpc) is 2.57. The van der Waals surface area contributed by atoms with Gasteiger partial charge in [-0.1, -0.05) is 23.2 Å². The maximum absolute atomic E-state index is 12.3. The van der Waals surface area contributed by atoms with Crippen molar-refractivity contribution in [1.29, 1.82) is 0 Å². The molecule has 1 fully saturated rings. The lowest BCUT2D eigenvalue weighted by Gasteiger charge is -2.21. The van der Waals surface area contributed by atoms with E-state index in [1.807, 2.05) is 0 Å². The largest absolute Gasteiger partial charge is 0.341 e. The Balaban J connectivity index is 2.08. The lowest BCUT2D eigenvalue weighted by atomic mass is 10.3. The van der Waals surface area contributed by atoms with E-state index in [0.29, 0.717) is 40.4 Å². The smallest absolute Gasteiger partial charge is 0.256 e. The molecule has 4 nitrogen and oxygen atoms in total. The van der Waals surface area contributed by atoms with Crippen LogP contribution in [-0.2, 0) is 4.79 Å². The van der Waals surface area contributed by atoms with E-state index < -0.39 is 0 Å². The van der Waals surface area contributed by atoms with Crippen molar-refractivity contribution >= 4 is 46.4 Å². The lowest BCUT2D eigenvalue weighted by molar-refractivity contribution is -0.128. The van der Waals surface area contributed by atoms with Gasteiger partial charge in [0.15, 0.2) is 0 Å². The van der Waals surface area contributed by atoms with Crippen LogP contribution in [0.3, 0.4) is 0 Å². The van der Waals surface area contributed by atoms with Crippen LogP contribution in [0.2, 0.25) is 8.67 Å². The van der Waals surface area contributed by atoms with Gasteiger partial charge < -0.3 is 9.80 Å². The molecule has 0 saturated carbocycles. The molecule has 19 heavy (non-hydrogen) atoms. The van der Waals surface area contributed by atoms with Gasteiger partial charge in [-0.05, 0) is 12.5 Å². The van der Waals surface area contributed by atoms with Crippen LogP contribution in [0.15, 0.2) is 6.07 Å². The predicted octanol–water partition coefficient (Wildman–Crippen LogP) is 2.75. The highest BCUT2D eigenvalue weighted by Gasteiger charge is 2.24. The topological polar surface area (TPSA) is 40.6 Å². The summed E-state index contributed by atoms with van der Waals surface area (Å²) in [5.74, 6) is -0.0653. The molecule has 2 rings (SSSR count). The summed E-state index contributed by atoms with van der Waals surface area (Å²) >= 11 is 13.0. The zero-order valence-electron chi connectivity index (χ0n) is 10.5. The molecule has 0 bridgehead atoms. The predicted molar refractivity (Wildman–Crippen MR) is 77.1 cm³/mol. The first-order chi connectivity index (χ1) is 8.99. The molecule has 0 spiro atoms. The van der Waals surface area contributed by atoms with Crippen molar-refractivity contribution in [2.24, 2.45) is 0 Å². The van der Waals surface area contributed by atoms with Crippen molar-refractivity contribution < 1.29 is 9.59 Å². The minimum Gasteiger partial charge on any atom is -0.341 e. The molecule has 1 aromatic heterocycles. The second kappa shape index (κ2) is 6.11. The van der Waals surface area contributed by atoms with Crippen LogP contribution in [0.4, 0.5) is 0 Å². The molecule has 0 N–H and O–H groups in total. The molecule has 0 unspecified atom stereocenters. The zero-order valence-corrected chi connectivity index (χ0v) is 12.8. The van der Waals surface area contributed by atoms with Crippen LogP contribution in [0.1, 0.15) is 23.7 Å². The summed E-state index contributed by atoms with van der Waals surface area (Å²) in [5.41, 5.74) is 0.452. The van der Waals surface area contributed by atoms with Gasteiger partial charge in [-0.2, -0.15) is 0 Å². The van der Waals surface area contributed by atoms with Crippen LogP contribution in [0.25, 0.3) is 0 Å². The number of carbonyl (C=O) groups excluding carboxylic acids is 2. The van der Waals surface area contributed by atoms with Gasteiger partial charge in [0.05, 0.1) is 9.90 Å². The first-order valence-electron chi connectivity index (χ1n) is 5.98. The van der Waals surface area contributed by atoms with Gasteiger partial charge in [-0.25, -0.2) is 0 Å². The summed E-state index contributed by atoms with van der Waals surface area (Å²) in [6.45, 7) is 3.97. The molecule has 0 radical (unpaired) electrons. The van der Waals surface area contributed by atoms with E-state index in [0.717, 1.165) is 6.42 Å². The Bertz CT molecular complexity index is 504. The summed E-state index contributed by atoms with van der Waals surface area (Å²) in [6, 6.07) is 1.60. The molecule has 0 aromatic carbocycles. The Hall–Kier alpha value is -0.780. The Morgan fingerprint density at radius 1 is 1.16 bits per heavy atom. The number of hydrogen-bond acceptors (Lipinski definition) is 3. The zero-order chi connectivity index (χ0) is 14.0. The molecule has 2 heterocycles. The van der Waals surface area contributed by atoms with Crippen molar-refractivity contribution in [2.75, 3.05) is 26.2 Å². The van der Waals surface area contributed by atoms with Gasteiger partial charge in [0.1, 0.15) is 4.34 Å². The SMILES string of the molecule is CC(=O)N1CCCN(C(=O)c2cc(Cl)sc2Cl)CC1. The fourth-order valence-corrected chi connectivity index (χ4v) is 3.54. The monoisotopic (exact) mass is 320 g/mol. The van der Waals surface area contributed by atoms with Gasteiger partial charge in [0.25, 0.3) is 5.91 Å². The third-order valence-electron chi connectivity index (χ3n) is 3.12. The highest BCUT2D eigenvalue weighted by Crippen LogP contribution is 2.32. The third-order valence-corrected chi connectivity index (χ3v) is 4.60. The first kappa shape index (κ1) is 14.6. The average molecular weight is 321 g/mol. The number of nitrogens with zero attached hydrogens (tertiary/aromatic N) is 2. The third kappa shape index (κ3) is 3.41. The van der Waals surface area contributed by atoms with Crippen molar-refractivity contribution in [3.8, 4) is 0 Å². The maximum atomic E-state index is 12.3. The molecule has 0 atom stereocenters. The van der Waals surface area contributed by atoms with E-state index in [-0.39, 0.29) is 11.8 Å². The van der Waals surface area contributed by atoms with Crippen LogP contribution < -0.4 is 0 Å². The van der Waals surface area contributed by atoms with Crippen molar-refractivity contribution in [3.63, 3.8) is 0 Å². The van der Waals surface area contributed by atoms with E-state index in [9.17, 15) is 9.59 Å². The molecule has 2 amide bonds. The van der Waals surface area contributed by atoms with Gasteiger partial charge in [-0.15, -0.1) is 11.3 Å². The first-order valence-corrected chi connectivity index (χ1v) is 7.56. The summed E-state index contributed by atoms with van der Waals surface area (Å²) < 4.78 is 0.927. The van der Waals surface area contributed by atoms with Crippen molar-refractivity contribution in [1.82, 2.24) is 9.80 Å². The summed E-state index contributed by atoms with van der Waals surface area (Å²) in [6.07, 6.45) is 0.779. The Morgan fingerprint density at radius 3 is 2.37 bits per heavy atom. The number of carbonyl (C=O) groups is 2. The Morgan fingerprint density at radius 2 is 1.79 bits per heavy atom. The summed E-state index contributed by atoms with van der Waals surface area (Å²) in [7, 11) is 0. The van der Waals surface area contributed by atoms with Crippen LogP contribution in [0, 0.1) is 0 Å². The van der Waals surface area contributed by atoms with Gasteiger partial charge in [0, 0.05) is 33.1 Å². The minimum atomic E-state index is -0.112. The summed E-state index contributed by atoms with van der Waals surface area (Å²) in [5, 5.41) is 0. The fraction of sp³-hybridized carbons (Fsp3) is 0.500. The molecular weight excluding hydrogens is 307 g/mol. The van der Waals surface area contributed by atoms with Crippen LogP contribution in [-0.4, -0.2) is 47.8 Å². The van der Waals surface area contributed by atoms with Crippen LogP contribution >= 0.6 is 34.5 Å². The Labute approximate surface area is 125 Å². The van der Waals surface area contributed by atoms with Crippen molar-refractivity contribution in [3.05, 3.63) is 20.3 Å². The standard InChI is InChI=1S/C12H14Cl2N2O2S/c1-8(17)15-3-2-4-16(6-5-15)12(18)9-7-10(13)19-11(9)14/h7H,2-6H2,1H3. The molecular formula is C12H14Cl2N2O2S. The minimum absolute atomic E-state index is 0.0471. The second-order valence-electron chi connectivity index (χ2n) is 4.39. The number of thiophene rings is 1. The highest BCUT2D eigenvalue weighted by atomic mass is 35.5. The number of rotatable bonds is 1. The quantitative estimate of drug-likeness (QED) is 0.798. The van der Waals surface area contributed by atoms with E-state index in [1.165, 1.54) is 11.3 Å². The number of hydrogen-bond donors (Lipinski definition) is 0. The Kier molecular flexibility index (Phi) is 4.71. The highest BCUT2D eigenvalue weighted by molar-refractivity contribution is 7.20. The van der Waals surface area contributed by atoms with Gasteiger partial charge >= 0.3 is 0 Å². The number of amides is 2. The lowest BCUT2D eigenvalue weighted by Crippen LogP contribution is -2.36. The maximum Gasteiger partial charge on any atom is 0.256 e. The van der Waals surface area contributed by atoms with E-state index in [1.54, 1.807) is 22.8 Å². The van der Waals surface area contributed by atoms with Gasteiger partial charge in [0.2, 0.25) is 5.91 Å². The molecule has 1 aliphatic heterocycles. The summed E-state index contributed by atoms with van der Waals surface area (Å²) in [4.78, 5) is 27.2. The van der Waals surface area contributed by atoms with E-state index >= 15 is 0 Å². The molecule has 0 aliphatic carbocycles. The molecule has 7 heteroatoms. The van der Waals surface area contributed by atoms with Crippen LogP contribution in [0.5, 0.6) is 0 Å². The fourth-order valence-electron chi connectivity index (χ4n) is 2.09. The second-order valence-corrected chi connectivity index (χ2v) is 6.68. The van der Waals surface area contributed by atoms with E-state index in [4.69, 9.17) is 23.2 Å². The van der Waals surface area contributed by atoms with E-state index in [2.05, 4.69) is 0 Å². The normalized spacial score (nSPS) is 16.4. The molecule has 104 valence electrons.